The molecule has 2 aromatic heterocycles. The Morgan fingerprint density at radius 2 is 1.30 bits per heavy atom. The molecule has 1 radical (unpaired) electrons. The van der Waals surface area contributed by atoms with E-state index in [4.69, 9.17) is 0 Å². The average Bonchev–Trinajstić information content (AvgIpc) is 3.17. The van der Waals surface area contributed by atoms with Gasteiger partial charge >= 0.3 is 0 Å². The lowest BCUT2D eigenvalue weighted by atomic mass is 9.69. The van der Waals surface area contributed by atoms with E-state index >= 15 is 0 Å². The maximum absolute atomic E-state index is 13.8. The predicted octanol–water partition coefficient (Wildman–Crippen LogP) is 9.36. The molecule has 0 aliphatic heterocycles. The number of benzene rings is 2. The maximum Gasteiger partial charge on any atom is 0.212 e. The number of rotatable bonds is 10. The van der Waals surface area contributed by atoms with Crippen molar-refractivity contribution in [1.29, 1.82) is 10.5 Å². The molecule has 7 nitrogen and oxygen atoms in total. The highest BCUT2D eigenvalue weighted by Crippen LogP contribution is 2.40. The van der Waals surface area contributed by atoms with E-state index in [0.717, 1.165) is 52.9 Å². The standard InChI is InChI=1S/C45H48N5O2S/c1-30-13-22-45(42(33(30)4)21-20-41-19-16-39(28-49-41)44-12-8-6-10-37(44)26-47)50-53(51,52)29-34-23-31(2)32(3)35(24-34)14-17-40-18-15-38(27-48-40)43-11-7-5-9-36(43)25-46/h5-12,14-22,27-28,30-35,42,45,50H,13,23-24,29H2,1-4H3/b17-14+,21-20+/t30-,31-,32+,33+,34?,35+,42-,45+/m0/s1. The van der Waals surface area contributed by atoms with Crippen LogP contribution in [0.2, 0.25) is 0 Å². The molecule has 0 amide bonds. The molecule has 2 heterocycles. The van der Waals surface area contributed by atoms with E-state index in [9.17, 15) is 18.9 Å². The number of aromatic nitrogens is 2. The van der Waals surface area contributed by atoms with Crippen LogP contribution < -0.4 is 4.72 Å². The van der Waals surface area contributed by atoms with E-state index in [1.165, 1.54) is 0 Å². The number of nitriles is 2. The lowest BCUT2D eigenvalue weighted by Gasteiger charge is -2.40. The molecule has 0 saturated heterocycles. The second-order valence-corrected chi connectivity index (χ2v) is 16.9. The van der Waals surface area contributed by atoms with Gasteiger partial charge < -0.3 is 0 Å². The van der Waals surface area contributed by atoms with Gasteiger partial charge in [-0.3, -0.25) is 9.97 Å². The molecule has 0 spiro atoms. The van der Waals surface area contributed by atoms with E-state index < -0.39 is 10.0 Å². The molecular formula is C45H48N5O2S. The van der Waals surface area contributed by atoms with Crippen LogP contribution in [0.4, 0.5) is 0 Å². The highest BCUT2D eigenvalue weighted by Gasteiger charge is 2.38. The largest absolute Gasteiger partial charge is 0.256 e. The molecule has 0 bridgehead atoms. The van der Waals surface area contributed by atoms with E-state index in [1.54, 1.807) is 18.5 Å². The van der Waals surface area contributed by atoms with E-state index in [-0.39, 0.29) is 35.5 Å². The minimum Gasteiger partial charge on any atom is -0.256 e. The Hall–Kier alpha value is -4.89. The summed E-state index contributed by atoms with van der Waals surface area (Å²) < 4.78 is 30.8. The smallest absolute Gasteiger partial charge is 0.212 e. The van der Waals surface area contributed by atoms with Gasteiger partial charge in [-0.2, -0.15) is 10.5 Å². The van der Waals surface area contributed by atoms with Gasteiger partial charge in [0.2, 0.25) is 10.0 Å². The van der Waals surface area contributed by atoms with Crippen LogP contribution in [0.15, 0.2) is 97.3 Å². The number of hydrogen-bond acceptors (Lipinski definition) is 6. The molecule has 6 rings (SSSR count). The van der Waals surface area contributed by atoms with Crippen LogP contribution in [-0.2, 0) is 10.0 Å². The van der Waals surface area contributed by atoms with Crippen LogP contribution in [0.1, 0.15) is 69.5 Å². The summed E-state index contributed by atoms with van der Waals surface area (Å²) in [4.78, 5) is 9.30. The Labute approximate surface area is 315 Å². The molecule has 1 unspecified atom stereocenters. The van der Waals surface area contributed by atoms with Gasteiger partial charge in [0, 0.05) is 40.7 Å². The van der Waals surface area contributed by atoms with Crippen LogP contribution in [0, 0.1) is 70.5 Å². The highest BCUT2D eigenvalue weighted by molar-refractivity contribution is 7.89. The normalized spacial score (nSPS) is 26.3. The topological polar surface area (TPSA) is 120 Å². The molecule has 8 heteroatoms. The van der Waals surface area contributed by atoms with Gasteiger partial charge in [0.15, 0.2) is 0 Å². The molecule has 2 aliphatic carbocycles. The Balaban J connectivity index is 1.10. The number of pyridine rings is 2. The summed E-state index contributed by atoms with van der Waals surface area (Å²) in [6, 6.07) is 27.1. The van der Waals surface area contributed by atoms with Crippen LogP contribution >= 0.6 is 0 Å². The molecule has 2 aliphatic rings. The fraction of sp³-hybridized carbons (Fsp3) is 0.356. The Kier molecular flexibility index (Phi) is 12.0. The van der Waals surface area contributed by atoms with Crippen molar-refractivity contribution in [3.63, 3.8) is 0 Å². The molecule has 2 aromatic carbocycles. The molecular weight excluding hydrogens is 675 g/mol. The molecule has 2 saturated carbocycles. The number of nitrogens with zero attached hydrogens (tertiary/aromatic N) is 4. The number of hydrogen-bond donors (Lipinski definition) is 1. The van der Waals surface area contributed by atoms with Crippen molar-refractivity contribution in [2.75, 3.05) is 5.75 Å². The summed E-state index contributed by atoms with van der Waals surface area (Å²) in [5.41, 5.74) is 6.35. The van der Waals surface area contributed by atoms with Gasteiger partial charge in [0.1, 0.15) is 0 Å². The summed E-state index contributed by atoms with van der Waals surface area (Å²) in [5, 5.41) is 19.0. The Bertz CT molecular complexity index is 2130. The summed E-state index contributed by atoms with van der Waals surface area (Å²) in [6.07, 6.45) is 16.6. The fourth-order valence-corrected chi connectivity index (χ4v) is 9.75. The summed E-state index contributed by atoms with van der Waals surface area (Å²) in [6.45, 7) is 8.93. The van der Waals surface area contributed by atoms with Crippen LogP contribution in [0.25, 0.3) is 34.4 Å². The van der Waals surface area contributed by atoms with E-state index in [1.807, 2.05) is 78.9 Å². The zero-order valence-electron chi connectivity index (χ0n) is 30.9. The predicted molar refractivity (Wildman–Crippen MR) is 213 cm³/mol. The second-order valence-electron chi connectivity index (χ2n) is 15.1. The Morgan fingerprint density at radius 3 is 1.85 bits per heavy atom. The van der Waals surface area contributed by atoms with Crippen molar-refractivity contribution in [1.82, 2.24) is 14.7 Å². The minimum atomic E-state index is -3.57. The van der Waals surface area contributed by atoms with Gasteiger partial charge in [-0.15, -0.1) is 0 Å². The van der Waals surface area contributed by atoms with Crippen molar-refractivity contribution >= 4 is 22.2 Å². The SMILES string of the molecule is C[C@H]1[C@H](/C=C/c2ccc(-c3ccccc3C#N)cn2)[C@H](NS(=O)(=O)CC2C[C@@H](/C=C/c3ccc(-c4ccccc4C#N)cn3)[C@H](C)[C@@H](C)C2)[CH]C[C@@H]1C. The first-order chi connectivity index (χ1) is 25.5. The number of sulfonamides is 1. The third-order valence-corrected chi connectivity index (χ3v) is 13.2. The summed E-state index contributed by atoms with van der Waals surface area (Å²) >= 11 is 0. The minimum absolute atomic E-state index is 0.0115. The van der Waals surface area contributed by atoms with E-state index in [2.05, 4.69) is 73.1 Å². The maximum atomic E-state index is 13.8. The van der Waals surface area contributed by atoms with Crippen molar-refractivity contribution in [2.24, 2.45) is 41.4 Å². The van der Waals surface area contributed by atoms with Crippen LogP contribution in [0.3, 0.4) is 0 Å². The third kappa shape index (κ3) is 9.19. The number of nitrogens with one attached hydrogen (secondary N) is 1. The zero-order valence-corrected chi connectivity index (χ0v) is 31.7. The molecule has 53 heavy (non-hydrogen) atoms. The second kappa shape index (κ2) is 16.8. The van der Waals surface area contributed by atoms with Gasteiger partial charge in [-0.05, 0) is 104 Å². The van der Waals surface area contributed by atoms with Crippen molar-refractivity contribution < 1.29 is 8.42 Å². The molecule has 271 valence electrons. The lowest BCUT2D eigenvalue weighted by Crippen LogP contribution is -2.48. The number of allylic oxidation sites excluding steroid dienone is 1. The fourth-order valence-electron chi connectivity index (χ4n) is 8.10. The molecule has 4 aromatic rings. The van der Waals surface area contributed by atoms with Gasteiger partial charge in [0.25, 0.3) is 0 Å². The molecule has 1 N–H and O–H groups in total. The lowest BCUT2D eigenvalue weighted by molar-refractivity contribution is 0.171. The quantitative estimate of drug-likeness (QED) is 0.174. The van der Waals surface area contributed by atoms with Gasteiger partial charge in [-0.25, -0.2) is 13.1 Å². The first-order valence-corrected chi connectivity index (χ1v) is 20.3. The van der Waals surface area contributed by atoms with Gasteiger partial charge in [0.05, 0.1) is 40.4 Å². The Morgan fingerprint density at radius 1 is 0.736 bits per heavy atom. The third-order valence-electron chi connectivity index (χ3n) is 11.6. The van der Waals surface area contributed by atoms with E-state index in [0.29, 0.717) is 28.9 Å². The van der Waals surface area contributed by atoms with Crippen LogP contribution in [-0.4, -0.2) is 30.2 Å². The first-order valence-electron chi connectivity index (χ1n) is 18.7. The molecule has 8 atom stereocenters. The highest BCUT2D eigenvalue weighted by atomic mass is 32.2. The van der Waals surface area contributed by atoms with Crippen LogP contribution in [0.5, 0.6) is 0 Å². The summed E-state index contributed by atoms with van der Waals surface area (Å²) in [7, 11) is -3.57. The average molecular weight is 723 g/mol. The van der Waals surface area contributed by atoms with Gasteiger partial charge in [-0.1, -0.05) is 88.4 Å². The zero-order chi connectivity index (χ0) is 37.5. The summed E-state index contributed by atoms with van der Waals surface area (Å²) in [5.74, 6) is 1.91. The molecule has 2 fully saturated rings. The van der Waals surface area contributed by atoms with Crippen molar-refractivity contribution in [3.05, 3.63) is 126 Å². The monoisotopic (exact) mass is 722 g/mol. The van der Waals surface area contributed by atoms with Crippen molar-refractivity contribution in [3.8, 4) is 34.4 Å². The van der Waals surface area contributed by atoms with Crippen molar-refractivity contribution in [2.45, 2.75) is 53.0 Å². The first kappa shape index (κ1) is 37.9.